The van der Waals surface area contributed by atoms with Crippen molar-refractivity contribution in [3.8, 4) is 0 Å². The van der Waals surface area contributed by atoms with Crippen molar-refractivity contribution in [1.82, 2.24) is 4.98 Å². The first-order chi connectivity index (χ1) is 9.00. The molecular weight excluding hydrogens is 254 g/mol. The van der Waals surface area contributed by atoms with Crippen LogP contribution in [0.15, 0.2) is 18.3 Å². The monoisotopic (exact) mass is 270 g/mol. The summed E-state index contributed by atoms with van der Waals surface area (Å²) in [5.74, 6) is -3.78. The van der Waals surface area contributed by atoms with E-state index in [1.807, 2.05) is 0 Å². The number of rotatable bonds is 3. The number of hydrogen-bond donors (Lipinski definition) is 2. The van der Waals surface area contributed by atoms with Gasteiger partial charge in [-0.05, 0) is 25.0 Å². The second kappa shape index (κ2) is 5.61. The Balaban J connectivity index is 1.96. The standard InChI is InChI=1S/C13H16F2N2O2/c14-13(15)5-1-2-9(6-13)12(19)17-10-3-4-11(8-18)16-7-10/h3-4,7,9,18H,1-2,5-6,8H2,(H,17,19)/t9-/m0/s1. The summed E-state index contributed by atoms with van der Waals surface area (Å²) in [5.41, 5.74) is 0.943. The van der Waals surface area contributed by atoms with Crippen molar-refractivity contribution in [2.75, 3.05) is 5.32 Å². The molecule has 0 spiro atoms. The maximum Gasteiger partial charge on any atom is 0.248 e. The molecule has 4 nitrogen and oxygen atoms in total. The maximum atomic E-state index is 13.2. The maximum absolute atomic E-state index is 13.2. The Bertz CT molecular complexity index is 448. The number of amides is 1. The average molecular weight is 270 g/mol. The number of aliphatic hydroxyl groups excluding tert-OH is 1. The third kappa shape index (κ3) is 3.70. The molecule has 2 rings (SSSR count). The molecule has 1 atom stereocenters. The van der Waals surface area contributed by atoms with E-state index in [0.717, 1.165) is 0 Å². The minimum atomic E-state index is -2.74. The van der Waals surface area contributed by atoms with Crippen LogP contribution < -0.4 is 5.32 Å². The molecule has 0 saturated heterocycles. The van der Waals surface area contributed by atoms with Crippen LogP contribution in [0.5, 0.6) is 0 Å². The number of alkyl halides is 2. The van der Waals surface area contributed by atoms with Gasteiger partial charge in [0.1, 0.15) is 0 Å². The molecule has 1 aliphatic carbocycles. The Kier molecular flexibility index (Phi) is 4.09. The molecule has 1 saturated carbocycles. The van der Waals surface area contributed by atoms with Crippen LogP contribution in [0.2, 0.25) is 0 Å². The van der Waals surface area contributed by atoms with Gasteiger partial charge in [-0.2, -0.15) is 0 Å². The molecule has 0 radical (unpaired) electrons. The molecule has 1 aromatic heterocycles. The molecule has 1 aliphatic rings. The van der Waals surface area contributed by atoms with Crippen molar-refractivity contribution < 1.29 is 18.7 Å². The number of nitrogens with one attached hydrogen (secondary N) is 1. The SMILES string of the molecule is O=C(Nc1ccc(CO)nc1)[C@H]1CCCC(F)(F)C1. The van der Waals surface area contributed by atoms with Crippen LogP contribution in [0.25, 0.3) is 0 Å². The number of hydrogen-bond acceptors (Lipinski definition) is 3. The van der Waals surface area contributed by atoms with Gasteiger partial charge >= 0.3 is 0 Å². The highest BCUT2D eigenvalue weighted by Gasteiger charge is 2.39. The summed E-state index contributed by atoms with van der Waals surface area (Å²) in [7, 11) is 0. The number of aromatic nitrogens is 1. The summed E-state index contributed by atoms with van der Waals surface area (Å²) < 4.78 is 26.5. The number of carbonyl (C=O) groups excluding carboxylic acids is 1. The van der Waals surface area contributed by atoms with Crippen LogP contribution >= 0.6 is 0 Å². The van der Waals surface area contributed by atoms with Crippen LogP contribution in [-0.4, -0.2) is 21.9 Å². The van der Waals surface area contributed by atoms with Gasteiger partial charge in [0.25, 0.3) is 0 Å². The van der Waals surface area contributed by atoms with Gasteiger partial charge in [-0.25, -0.2) is 8.78 Å². The van der Waals surface area contributed by atoms with Gasteiger partial charge < -0.3 is 10.4 Å². The first-order valence-electron chi connectivity index (χ1n) is 6.25. The topological polar surface area (TPSA) is 62.2 Å². The smallest absolute Gasteiger partial charge is 0.248 e. The van der Waals surface area contributed by atoms with E-state index in [4.69, 9.17) is 5.11 Å². The summed E-state index contributed by atoms with van der Waals surface area (Å²) >= 11 is 0. The second-order valence-electron chi connectivity index (χ2n) is 4.83. The van der Waals surface area contributed by atoms with E-state index < -0.39 is 17.7 Å². The fourth-order valence-electron chi connectivity index (χ4n) is 2.23. The fourth-order valence-corrected chi connectivity index (χ4v) is 2.23. The van der Waals surface area contributed by atoms with Gasteiger partial charge in [-0.3, -0.25) is 9.78 Å². The molecular formula is C13H16F2N2O2. The Morgan fingerprint density at radius 1 is 1.53 bits per heavy atom. The van der Waals surface area contributed by atoms with Crippen molar-refractivity contribution in [3.63, 3.8) is 0 Å². The normalized spacial score (nSPS) is 21.9. The fraction of sp³-hybridized carbons (Fsp3) is 0.538. The second-order valence-corrected chi connectivity index (χ2v) is 4.83. The van der Waals surface area contributed by atoms with Crippen molar-refractivity contribution in [2.45, 2.75) is 38.2 Å². The Morgan fingerprint density at radius 3 is 2.89 bits per heavy atom. The summed E-state index contributed by atoms with van der Waals surface area (Å²) in [4.78, 5) is 15.8. The zero-order chi connectivity index (χ0) is 13.9. The van der Waals surface area contributed by atoms with Gasteiger partial charge in [-0.1, -0.05) is 0 Å². The van der Waals surface area contributed by atoms with Crippen molar-refractivity contribution in [1.29, 1.82) is 0 Å². The lowest BCUT2D eigenvalue weighted by Crippen LogP contribution is -2.33. The van der Waals surface area contributed by atoms with Crippen molar-refractivity contribution in [2.24, 2.45) is 5.92 Å². The molecule has 6 heteroatoms. The van der Waals surface area contributed by atoms with E-state index in [-0.39, 0.29) is 19.4 Å². The minimum absolute atomic E-state index is 0.135. The molecule has 0 unspecified atom stereocenters. The lowest BCUT2D eigenvalue weighted by Gasteiger charge is -2.27. The third-order valence-electron chi connectivity index (χ3n) is 3.27. The van der Waals surface area contributed by atoms with Gasteiger partial charge in [0.15, 0.2) is 0 Å². The lowest BCUT2D eigenvalue weighted by atomic mass is 9.86. The van der Waals surface area contributed by atoms with E-state index >= 15 is 0 Å². The zero-order valence-electron chi connectivity index (χ0n) is 10.4. The zero-order valence-corrected chi connectivity index (χ0v) is 10.4. The van der Waals surface area contributed by atoms with Gasteiger partial charge in [0.2, 0.25) is 11.8 Å². The molecule has 104 valence electrons. The third-order valence-corrected chi connectivity index (χ3v) is 3.27. The van der Waals surface area contributed by atoms with E-state index in [9.17, 15) is 13.6 Å². The summed E-state index contributed by atoms with van der Waals surface area (Å²) in [5, 5.41) is 11.4. The predicted molar refractivity (Wildman–Crippen MR) is 65.7 cm³/mol. The van der Waals surface area contributed by atoms with E-state index in [1.165, 1.54) is 6.20 Å². The molecule has 0 aliphatic heterocycles. The minimum Gasteiger partial charge on any atom is -0.390 e. The molecule has 1 fully saturated rings. The van der Waals surface area contributed by atoms with Crippen LogP contribution in [0.3, 0.4) is 0 Å². The number of carbonyl (C=O) groups is 1. The molecule has 1 amide bonds. The van der Waals surface area contributed by atoms with Crippen LogP contribution in [0, 0.1) is 5.92 Å². The van der Waals surface area contributed by atoms with E-state index in [1.54, 1.807) is 12.1 Å². The van der Waals surface area contributed by atoms with Crippen molar-refractivity contribution >= 4 is 11.6 Å². The van der Waals surface area contributed by atoms with Crippen molar-refractivity contribution in [3.05, 3.63) is 24.0 Å². The number of anilines is 1. The highest BCUT2D eigenvalue weighted by Crippen LogP contribution is 2.37. The first-order valence-corrected chi connectivity index (χ1v) is 6.25. The average Bonchev–Trinajstić information content (AvgIpc) is 2.38. The van der Waals surface area contributed by atoms with E-state index in [0.29, 0.717) is 24.2 Å². The Morgan fingerprint density at radius 2 is 2.32 bits per heavy atom. The number of pyridine rings is 1. The lowest BCUT2D eigenvalue weighted by molar-refractivity contribution is -0.127. The molecule has 2 N–H and O–H groups in total. The number of aliphatic hydroxyl groups is 1. The molecule has 1 heterocycles. The first kappa shape index (κ1) is 13.9. The van der Waals surface area contributed by atoms with Gasteiger partial charge in [0.05, 0.1) is 24.2 Å². The Labute approximate surface area is 109 Å². The van der Waals surface area contributed by atoms with Crippen LogP contribution in [-0.2, 0) is 11.4 Å². The largest absolute Gasteiger partial charge is 0.390 e. The summed E-state index contributed by atoms with van der Waals surface area (Å²) in [6.07, 6.45) is 1.74. The Hall–Kier alpha value is -1.56. The number of nitrogens with zero attached hydrogens (tertiary/aromatic N) is 1. The van der Waals surface area contributed by atoms with Gasteiger partial charge in [-0.15, -0.1) is 0 Å². The molecule has 0 bridgehead atoms. The highest BCUT2D eigenvalue weighted by atomic mass is 19.3. The highest BCUT2D eigenvalue weighted by molar-refractivity contribution is 5.92. The predicted octanol–water partition coefficient (Wildman–Crippen LogP) is 2.34. The number of halogens is 2. The van der Waals surface area contributed by atoms with Crippen LogP contribution in [0.1, 0.15) is 31.4 Å². The quantitative estimate of drug-likeness (QED) is 0.886. The summed E-state index contributed by atoms with van der Waals surface area (Å²) in [6, 6.07) is 3.17. The van der Waals surface area contributed by atoms with Gasteiger partial charge in [0, 0.05) is 18.8 Å². The molecule has 1 aromatic rings. The van der Waals surface area contributed by atoms with E-state index in [2.05, 4.69) is 10.3 Å². The molecule has 0 aromatic carbocycles. The molecule has 19 heavy (non-hydrogen) atoms. The summed E-state index contributed by atoms with van der Waals surface area (Å²) in [6.45, 7) is -0.178. The van der Waals surface area contributed by atoms with Crippen LogP contribution in [0.4, 0.5) is 14.5 Å².